The fraction of sp³-hybridized carbons (Fsp3) is 0.440. The van der Waals surface area contributed by atoms with Gasteiger partial charge in [-0.2, -0.15) is 0 Å². The van der Waals surface area contributed by atoms with Crippen molar-refractivity contribution in [3.05, 3.63) is 60.4 Å². The fourth-order valence-corrected chi connectivity index (χ4v) is 6.06. The van der Waals surface area contributed by atoms with Crippen molar-refractivity contribution in [3.8, 4) is 11.3 Å². The first-order valence-corrected chi connectivity index (χ1v) is 12.9. The molecule has 0 radical (unpaired) electrons. The minimum atomic E-state index is -3.88. The third-order valence-electron chi connectivity index (χ3n) is 6.42. The maximum Gasteiger partial charge on any atom is 0.226 e. The number of nitrogens with zero attached hydrogens (tertiary/aromatic N) is 2. The average molecular weight is 488 g/mol. The number of aromatic nitrogens is 1. The number of carbonyl (C=O) groups is 1. The number of benzene rings is 1. The van der Waals surface area contributed by atoms with Crippen molar-refractivity contribution >= 4 is 15.7 Å². The lowest BCUT2D eigenvalue weighted by Gasteiger charge is -2.37. The lowest BCUT2D eigenvalue weighted by atomic mass is 9.96. The highest BCUT2D eigenvalue weighted by Crippen LogP contribution is 2.39. The van der Waals surface area contributed by atoms with E-state index in [2.05, 4.69) is 18.5 Å². The molecule has 2 heterocycles. The van der Waals surface area contributed by atoms with Gasteiger partial charge in [-0.15, -0.1) is 0 Å². The molecule has 0 atom stereocenters. The summed E-state index contributed by atoms with van der Waals surface area (Å²) in [4.78, 5) is 18.6. The number of hydrogen-bond donors (Lipinski definition) is 2. The highest BCUT2D eigenvalue weighted by molar-refractivity contribution is 7.93. The van der Waals surface area contributed by atoms with Crippen molar-refractivity contribution < 1.29 is 23.2 Å². The van der Waals surface area contributed by atoms with Crippen molar-refractivity contribution in [3.63, 3.8) is 0 Å². The van der Waals surface area contributed by atoms with Crippen molar-refractivity contribution in [1.29, 1.82) is 0 Å². The second kappa shape index (κ2) is 11.1. The first-order valence-electron chi connectivity index (χ1n) is 11.5. The number of nitrogens with one attached hydrogen (secondary N) is 1. The Balaban J connectivity index is 1.76. The highest BCUT2D eigenvalue weighted by Gasteiger charge is 2.48. The zero-order valence-corrected chi connectivity index (χ0v) is 20.6. The molecule has 1 aliphatic rings. The largest absolute Gasteiger partial charge is 0.381 e. The Hall–Kier alpha value is -2.75. The summed E-state index contributed by atoms with van der Waals surface area (Å²) >= 11 is 0. The molecule has 0 aliphatic carbocycles. The minimum absolute atomic E-state index is 0.0327. The summed E-state index contributed by atoms with van der Waals surface area (Å²) in [5, 5.41) is 9.41. The number of hydrogen-bond acceptors (Lipinski definition) is 7. The Morgan fingerprint density at radius 1 is 1.21 bits per heavy atom. The second-order valence-electron chi connectivity index (χ2n) is 8.62. The normalized spacial score (nSPS) is 15.5. The summed E-state index contributed by atoms with van der Waals surface area (Å²) in [5.74, 6) is 0.0786. The van der Waals surface area contributed by atoms with Crippen LogP contribution in [0.1, 0.15) is 38.2 Å². The van der Waals surface area contributed by atoms with Gasteiger partial charge in [-0.25, -0.2) is 8.42 Å². The van der Waals surface area contributed by atoms with Gasteiger partial charge in [0.25, 0.3) is 0 Å². The number of amides is 1. The quantitative estimate of drug-likeness (QED) is 0.495. The Morgan fingerprint density at radius 2 is 1.88 bits per heavy atom. The zero-order chi connectivity index (χ0) is 24.8. The lowest BCUT2D eigenvalue weighted by Crippen LogP contribution is -2.48. The second-order valence-corrected chi connectivity index (χ2v) is 10.9. The molecule has 1 saturated heterocycles. The predicted molar refractivity (Wildman–Crippen MR) is 130 cm³/mol. The summed E-state index contributed by atoms with van der Waals surface area (Å²) in [7, 11) is -2.05. The molecule has 1 aromatic heterocycles. The van der Waals surface area contributed by atoms with Gasteiger partial charge in [0.2, 0.25) is 5.91 Å². The number of pyridine rings is 1. The number of rotatable bonds is 10. The molecule has 0 bridgehead atoms. The third kappa shape index (κ3) is 5.32. The van der Waals surface area contributed by atoms with Gasteiger partial charge in [-0.3, -0.25) is 20.5 Å². The standard InChI is InChI=1S/C25H33N3O5S/c1-4-5-14-28(3)24(29)17-20-6-8-21(9-7-20)23-11-10-22(18-26-23)34(31,32)25(19(2)27-30)12-15-33-16-13-25/h6-11,18,27,30H,2,4-5,12-17H2,1,3H3. The van der Waals surface area contributed by atoms with Crippen molar-refractivity contribution in [2.45, 2.75) is 48.7 Å². The van der Waals surface area contributed by atoms with Crippen LogP contribution >= 0.6 is 0 Å². The van der Waals surface area contributed by atoms with Crippen LogP contribution in [0.5, 0.6) is 0 Å². The SMILES string of the molecule is C=C(NO)C1(S(=O)(=O)c2ccc(-c3ccc(CC(=O)N(C)CCCC)cc3)nc2)CCOCC1. The van der Waals surface area contributed by atoms with Crippen LogP contribution in [0.15, 0.2) is 59.8 Å². The van der Waals surface area contributed by atoms with Gasteiger partial charge in [0, 0.05) is 38.6 Å². The molecular weight excluding hydrogens is 454 g/mol. The van der Waals surface area contributed by atoms with Gasteiger partial charge in [-0.1, -0.05) is 44.2 Å². The van der Waals surface area contributed by atoms with Crippen LogP contribution < -0.4 is 5.48 Å². The monoisotopic (exact) mass is 487 g/mol. The van der Waals surface area contributed by atoms with E-state index < -0.39 is 14.6 Å². The first-order chi connectivity index (χ1) is 16.2. The topological polar surface area (TPSA) is 109 Å². The van der Waals surface area contributed by atoms with Gasteiger partial charge in [-0.05, 0) is 37.0 Å². The molecule has 0 spiro atoms. The van der Waals surface area contributed by atoms with Crippen molar-refractivity contribution in [2.75, 3.05) is 26.8 Å². The van der Waals surface area contributed by atoms with E-state index in [1.807, 2.05) is 36.8 Å². The van der Waals surface area contributed by atoms with Crippen LogP contribution in [0.2, 0.25) is 0 Å². The van der Waals surface area contributed by atoms with E-state index in [9.17, 15) is 18.4 Å². The molecule has 184 valence electrons. The summed E-state index contributed by atoms with van der Waals surface area (Å²) < 4.78 is 30.9. The molecule has 9 heteroatoms. The maximum atomic E-state index is 13.5. The molecular formula is C25H33N3O5S. The van der Waals surface area contributed by atoms with Gasteiger partial charge >= 0.3 is 0 Å². The summed E-state index contributed by atoms with van der Waals surface area (Å²) in [6.07, 6.45) is 4.08. The molecule has 1 amide bonds. The number of ether oxygens (including phenoxy) is 1. The molecule has 3 rings (SSSR count). The smallest absolute Gasteiger partial charge is 0.226 e. The number of sulfone groups is 1. The van der Waals surface area contributed by atoms with E-state index in [-0.39, 0.29) is 42.6 Å². The van der Waals surface area contributed by atoms with Crippen molar-refractivity contribution in [2.24, 2.45) is 0 Å². The zero-order valence-electron chi connectivity index (χ0n) is 19.8. The number of likely N-dealkylation sites (N-methyl/N-ethyl adjacent to an activating group) is 1. The molecule has 34 heavy (non-hydrogen) atoms. The molecule has 0 unspecified atom stereocenters. The van der Waals surface area contributed by atoms with Crippen LogP contribution in [-0.4, -0.2) is 61.0 Å². The Labute approximate surface area is 201 Å². The Morgan fingerprint density at radius 3 is 2.44 bits per heavy atom. The maximum absolute atomic E-state index is 13.5. The Kier molecular flexibility index (Phi) is 8.46. The van der Waals surface area contributed by atoms with Gasteiger partial charge in [0.1, 0.15) is 4.75 Å². The van der Waals surface area contributed by atoms with Gasteiger partial charge in [0.15, 0.2) is 9.84 Å². The molecule has 1 aliphatic heterocycles. The molecule has 0 saturated carbocycles. The van der Waals surface area contributed by atoms with E-state index in [1.165, 1.54) is 12.3 Å². The van der Waals surface area contributed by atoms with E-state index in [0.29, 0.717) is 12.1 Å². The van der Waals surface area contributed by atoms with Gasteiger partial charge in [0.05, 0.1) is 22.7 Å². The van der Waals surface area contributed by atoms with E-state index in [1.54, 1.807) is 11.0 Å². The van der Waals surface area contributed by atoms with Gasteiger partial charge < -0.3 is 9.64 Å². The van der Waals surface area contributed by atoms with Crippen molar-refractivity contribution in [1.82, 2.24) is 15.4 Å². The van der Waals surface area contributed by atoms with Crippen LogP contribution in [0.3, 0.4) is 0 Å². The third-order valence-corrected chi connectivity index (χ3v) is 8.97. The van der Waals surface area contributed by atoms with Crippen LogP contribution in [0.25, 0.3) is 11.3 Å². The number of carbonyl (C=O) groups excluding carboxylic acids is 1. The summed E-state index contributed by atoms with van der Waals surface area (Å²) in [6.45, 7) is 7.10. The number of unbranched alkanes of at least 4 members (excludes halogenated alkanes) is 1. The minimum Gasteiger partial charge on any atom is -0.381 e. The van der Waals surface area contributed by atoms with Crippen LogP contribution in [0.4, 0.5) is 0 Å². The Bertz CT molecular complexity index is 1090. The molecule has 2 aromatic rings. The fourth-order valence-electron chi connectivity index (χ4n) is 4.09. The van der Waals surface area contributed by atoms with E-state index in [0.717, 1.165) is 30.5 Å². The molecule has 1 aromatic carbocycles. The van der Waals surface area contributed by atoms with E-state index in [4.69, 9.17) is 4.74 Å². The van der Waals surface area contributed by atoms with Crippen LogP contribution in [0, 0.1) is 0 Å². The highest BCUT2D eigenvalue weighted by atomic mass is 32.2. The van der Waals surface area contributed by atoms with Crippen LogP contribution in [-0.2, 0) is 25.8 Å². The summed E-state index contributed by atoms with van der Waals surface area (Å²) in [5.41, 5.74) is 4.33. The average Bonchev–Trinajstić information content (AvgIpc) is 2.87. The molecule has 1 fully saturated rings. The summed E-state index contributed by atoms with van der Waals surface area (Å²) in [6, 6.07) is 10.7. The first kappa shape index (κ1) is 25.9. The number of hydroxylamine groups is 1. The molecule has 8 nitrogen and oxygen atoms in total. The van der Waals surface area contributed by atoms with E-state index >= 15 is 0 Å². The predicted octanol–water partition coefficient (Wildman–Crippen LogP) is 3.37. The lowest BCUT2D eigenvalue weighted by molar-refractivity contribution is -0.129. The molecule has 2 N–H and O–H groups in total.